The number of rotatable bonds is 8. The predicted molar refractivity (Wildman–Crippen MR) is 93.8 cm³/mol. The summed E-state index contributed by atoms with van der Waals surface area (Å²) in [6.07, 6.45) is 16.7. The zero-order chi connectivity index (χ0) is 14.9. The van der Waals surface area contributed by atoms with Gasteiger partial charge in [0, 0.05) is 0 Å². The van der Waals surface area contributed by atoms with Gasteiger partial charge in [0.2, 0.25) is 0 Å². The lowest BCUT2D eigenvalue weighted by Crippen LogP contribution is -1.97. The first-order chi connectivity index (χ1) is 10.3. The van der Waals surface area contributed by atoms with Crippen molar-refractivity contribution in [2.45, 2.75) is 77.6 Å². The van der Waals surface area contributed by atoms with Crippen LogP contribution < -0.4 is 0 Å². The molecule has 1 aromatic carbocycles. The summed E-state index contributed by atoms with van der Waals surface area (Å²) in [6.45, 7) is 4.40. The highest BCUT2D eigenvalue weighted by atomic mass is 14.3. The van der Waals surface area contributed by atoms with Crippen LogP contribution in [0.1, 0.15) is 82.3 Å². The molecule has 1 saturated carbocycles. The Morgan fingerprint density at radius 3 is 2.62 bits per heavy atom. The highest BCUT2D eigenvalue weighted by Crippen LogP contribution is 2.40. The van der Waals surface area contributed by atoms with Gasteiger partial charge in [-0.05, 0) is 62.0 Å². The Labute approximate surface area is 131 Å². The van der Waals surface area contributed by atoms with Crippen molar-refractivity contribution in [1.82, 2.24) is 0 Å². The van der Waals surface area contributed by atoms with E-state index >= 15 is 0 Å². The lowest BCUT2D eigenvalue weighted by atomic mass is 9.93. The molecule has 0 heterocycles. The van der Waals surface area contributed by atoms with Crippen LogP contribution in [0.4, 0.5) is 0 Å². The van der Waals surface area contributed by atoms with E-state index in [-0.39, 0.29) is 0 Å². The first-order valence-corrected chi connectivity index (χ1v) is 9.03. The Hall–Kier alpha value is -1.04. The van der Waals surface area contributed by atoms with Crippen LogP contribution >= 0.6 is 0 Å². The lowest BCUT2D eigenvalue weighted by molar-refractivity contribution is 0.466. The molecule has 0 bridgehead atoms. The van der Waals surface area contributed by atoms with E-state index in [4.69, 9.17) is 0 Å². The molecular formula is C21H32. The van der Waals surface area contributed by atoms with E-state index in [2.05, 4.69) is 50.3 Å². The highest BCUT2D eigenvalue weighted by molar-refractivity contribution is 5.26. The maximum Gasteiger partial charge on any atom is -0.0159 e. The summed E-state index contributed by atoms with van der Waals surface area (Å²) in [5, 5.41) is 0. The molecule has 1 aliphatic carbocycles. The van der Waals surface area contributed by atoms with Gasteiger partial charge in [0.05, 0.1) is 0 Å². The molecule has 0 nitrogen and oxygen atoms in total. The molecule has 0 spiro atoms. The van der Waals surface area contributed by atoms with E-state index in [1.807, 2.05) is 0 Å². The molecule has 2 unspecified atom stereocenters. The summed E-state index contributed by atoms with van der Waals surface area (Å²) < 4.78 is 0. The van der Waals surface area contributed by atoms with Crippen LogP contribution in [0.15, 0.2) is 36.4 Å². The van der Waals surface area contributed by atoms with Gasteiger partial charge < -0.3 is 0 Å². The van der Waals surface area contributed by atoms with Gasteiger partial charge in [-0.3, -0.25) is 0 Å². The second kappa shape index (κ2) is 9.07. The van der Waals surface area contributed by atoms with Crippen LogP contribution in [0.5, 0.6) is 0 Å². The fraction of sp³-hybridized carbons (Fsp3) is 0.619. The SMILES string of the molecule is CC=CCCc1ccc(C2CCC(CCCCC)C2)cc1. The number of unbranched alkanes of at least 4 members (excludes halogenated alkanes) is 2. The molecule has 0 heteroatoms. The lowest BCUT2D eigenvalue weighted by Gasteiger charge is -2.12. The molecule has 116 valence electrons. The standard InChI is InChI=1S/C21H32/c1-3-5-7-9-18-11-14-20(15-12-18)21-16-13-19(17-21)10-8-6-4-2/h3,5,11-12,14-15,19,21H,4,6-10,13,16-17H2,1-2H3. The maximum atomic E-state index is 2.39. The van der Waals surface area contributed by atoms with Crippen LogP contribution in [0.3, 0.4) is 0 Å². The molecule has 2 rings (SSSR count). The van der Waals surface area contributed by atoms with Crippen molar-refractivity contribution in [2.24, 2.45) is 5.92 Å². The fourth-order valence-corrected chi connectivity index (χ4v) is 3.70. The molecule has 0 N–H and O–H groups in total. The van der Waals surface area contributed by atoms with Gasteiger partial charge in [0.25, 0.3) is 0 Å². The average molecular weight is 284 g/mol. The Morgan fingerprint density at radius 1 is 1.10 bits per heavy atom. The normalized spacial score (nSPS) is 22.2. The molecule has 0 saturated heterocycles. The number of hydrogen-bond acceptors (Lipinski definition) is 0. The third-order valence-electron chi connectivity index (χ3n) is 5.04. The molecule has 21 heavy (non-hydrogen) atoms. The van der Waals surface area contributed by atoms with Crippen molar-refractivity contribution in [3.05, 3.63) is 47.5 Å². The first-order valence-electron chi connectivity index (χ1n) is 9.03. The van der Waals surface area contributed by atoms with Crippen molar-refractivity contribution in [3.63, 3.8) is 0 Å². The smallest absolute Gasteiger partial charge is 0.0159 e. The zero-order valence-corrected chi connectivity index (χ0v) is 14.0. The van der Waals surface area contributed by atoms with Crippen LogP contribution in [0.2, 0.25) is 0 Å². The van der Waals surface area contributed by atoms with E-state index in [9.17, 15) is 0 Å². The Kier molecular flexibility index (Phi) is 7.06. The van der Waals surface area contributed by atoms with Gasteiger partial charge in [-0.15, -0.1) is 0 Å². The minimum Gasteiger partial charge on any atom is -0.0917 e. The number of aryl methyl sites for hydroxylation is 1. The third kappa shape index (κ3) is 5.34. The predicted octanol–water partition coefficient (Wildman–Crippen LogP) is 6.66. The average Bonchev–Trinajstić information content (AvgIpc) is 2.97. The minimum absolute atomic E-state index is 0.834. The second-order valence-electron chi connectivity index (χ2n) is 6.72. The number of allylic oxidation sites excluding steroid dienone is 2. The van der Waals surface area contributed by atoms with Gasteiger partial charge in [-0.2, -0.15) is 0 Å². The molecule has 0 amide bonds. The van der Waals surface area contributed by atoms with Crippen molar-refractivity contribution >= 4 is 0 Å². The van der Waals surface area contributed by atoms with E-state index in [0.29, 0.717) is 0 Å². The van der Waals surface area contributed by atoms with E-state index < -0.39 is 0 Å². The summed E-state index contributed by atoms with van der Waals surface area (Å²) in [7, 11) is 0. The Morgan fingerprint density at radius 2 is 1.90 bits per heavy atom. The number of benzene rings is 1. The summed E-state index contributed by atoms with van der Waals surface area (Å²) in [5.41, 5.74) is 3.07. The molecule has 2 atom stereocenters. The topological polar surface area (TPSA) is 0 Å². The van der Waals surface area contributed by atoms with Crippen molar-refractivity contribution in [1.29, 1.82) is 0 Å². The Bertz CT molecular complexity index is 412. The molecule has 1 aliphatic rings. The van der Waals surface area contributed by atoms with Crippen LogP contribution in [0, 0.1) is 5.92 Å². The monoisotopic (exact) mass is 284 g/mol. The van der Waals surface area contributed by atoms with Gasteiger partial charge in [0.15, 0.2) is 0 Å². The molecule has 0 radical (unpaired) electrons. The number of hydrogen-bond donors (Lipinski definition) is 0. The van der Waals surface area contributed by atoms with Gasteiger partial charge in [0.1, 0.15) is 0 Å². The summed E-state index contributed by atoms with van der Waals surface area (Å²) in [4.78, 5) is 0. The molecule has 0 aromatic heterocycles. The Balaban J connectivity index is 1.80. The third-order valence-corrected chi connectivity index (χ3v) is 5.04. The minimum atomic E-state index is 0.834. The van der Waals surface area contributed by atoms with E-state index in [0.717, 1.165) is 11.8 Å². The maximum absolute atomic E-state index is 2.39. The first kappa shape index (κ1) is 16.3. The van der Waals surface area contributed by atoms with E-state index in [1.54, 1.807) is 5.56 Å². The van der Waals surface area contributed by atoms with Gasteiger partial charge >= 0.3 is 0 Å². The summed E-state index contributed by atoms with van der Waals surface area (Å²) in [5.74, 6) is 1.83. The van der Waals surface area contributed by atoms with Crippen molar-refractivity contribution < 1.29 is 0 Å². The van der Waals surface area contributed by atoms with Gasteiger partial charge in [-0.25, -0.2) is 0 Å². The molecule has 0 aliphatic heterocycles. The van der Waals surface area contributed by atoms with Gasteiger partial charge in [-0.1, -0.05) is 69.0 Å². The van der Waals surface area contributed by atoms with Crippen LogP contribution in [0.25, 0.3) is 0 Å². The summed E-state index contributed by atoms with van der Waals surface area (Å²) >= 11 is 0. The fourth-order valence-electron chi connectivity index (χ4n) is 3.70. The zero-order valence-electron chi connectivity index (χ0n) is 14.0. The van der Waals surface area contributed by atoms with Crippen molar-refractivity contribution in [2.75, 3.05) is 0 Å². The summed E-state index contributed by atoms with van der Waals surface area (Å²) in [6, 6.07) is 9.49. The molecule has 1 fully saturated rings. The highest BCUT2D eigenvalue weighted by Gasteiger charge is 2.25. The van der Waals surface area contributed by atoms with Crippen molar-refractivity contribution in [3.8, 4) is 0 Å². The quantitative estimate of drug-likeness (QED) is 0.370. The van der Waals surface area contributed by atoms with E-state index in [1.165, 1.54) is 63.4 Å². The largest absolute Gasteiger partial charge is 0.0917 e. The van der Waals surface area contributed by atoms with Crippen LogP contribution in [-0.2, 0) is 6.42 Å². The second-order valence-corrected chi connectivity index (χ2v) is 6.72. The molecular weight excluding hydrogens is 252 g/mol. The van der Waals surface area contributed by atoms with Crippen LogP contribution in [-0.4, -0.2) is 0 Å². The molecule has 1 aromatic rings.